The molecule has 0 spiro atoms. The third kappa shape index (κ3) is 2.67. The average Bonchev–Trinajstić information content (AvgIpc) is 2.61. The number of amides is 1. The van der Waals surface area contributed by atoms with Crippen molar-refractivity contribution in [2.45, 2.75) is 26.3 Å². The molecule has 1 aromatic rings. The van der Waals surface area contributed by atoms with Crippen LogP contribution in [0.15, 0.2) is 29.4 Å². The van der Waals surface area contributed by atoms with Crippen molar-refractivity contribution >= 4 is 11.6 Å². The van der Waals surface area contributed by atoms with E-state index in [-0.39, 0.29) is 24.6 Å². The Morgan fingerprint density at radius 1 is 1.47 bits per heavy atom. The lowest BCUT2D eigenvalue weighted by Gasteiger charge is -2.11. The van der Waals surface area contributed by atoms with E-state index in [1.54, 1.807) is 0 Å². The van der Waals surface area contributed by atoms with E-state index < -0.39 is 6.43 Å². The second-order valence-electron chi connectivity index (χ2n) is 4.01. The van der Waals surface area contributed by atoms with Gasteiger partial charge in [-0.2, -0.15) is 5.10 Å². The zero-order valence-corrected chi connectivity index (χ0v) is 9.36. The van der Waals surface area contributed by atoms with Crippen molar-refractivity contribution in [1.82, 2.24) is 5.01 Å². The summed E-state index contributed by atoms with van der Waals surface area (Å²) in [6.45, 7) is 2.18. The van der Waals surface area contributed by atoms with Crippen LogP contribution >= 0.6 is 0 Å². The summed E-state index contributed by atoms with van der Waals surface area (Å²) in [4.78, 5) is 11.5. The van der Waals surface area contributed by atoms with Crippen molar-refractivity contribution in [1.29, 1.82) is 0 Å². The second-order valence-corrected chi connectivity index (χ2v) is 4.01. The molecule has 90 valence electrons. The number of aryl methyl sites for hydroxylation is 1. The summed E-state index contributed by atoms with van der Waals surface area (Å²) in [6, 6.07) is 7.55. The van der Waals surface area contributed by atoms with Gasteiger partial charge in [-0.1, -0.05) is 29.8 Å². The van der Waals surface area contributed by atoms with Gasteiger partial charge < -0.3 is 0 Å². The van der Waals surface area contributed by atoms with E-state index in [2.05, 4.69) is 5.10 Å². The molecular formula is C12H12F2N2O. The van der Waals surface area contributed by atoms with Crippen molar-refractivity contribution in [2.24, 2.45) is 5.10 Å². The minimum atomic E-state index is -2.65. The van der Waals surface area contributed by atoms with Crippen LogP contribution in [0.25, 0.3) is 0 Å². The average molecular weight is 238 g/mol. The van der Waals surface area contributed by atoms with Crippen LogP contribution in [0.1, 0.15) is 17.5 Å². The van der Waals surface area contributed by atoms with E-state index >= 15 is 0 Å². The van der Waals surface area contributed by atoms with Crippen LogP contribution < -0.4 is 0 Å². The molecule has 0 saturated heterocycles. The molecule has 0 N–H and O–H groups in total. The topological polar surface area (TPSA) is 32.7 Å². The Hall–Kier alpha value is -1.78. The van der Waals surface area contributed by atoms with Crippen LogP contribution in [-0.4, -0.2) is 23.1 Å². The number of carbonyl (C=O) groups excluding carboxylic acids is 1. The molecule has 0 aromatic heterocycles. The third-order valence-corrected chi connectivity index (χ3v) is 2.54. The molecule has 0 aliphatic carbocycles. The Morgan fingerprint density at radius 2 is 2.24 bits per heavy atom. The number of hydrazone groups is 1. The molecule has 1 heterocycles. The van der Waals surface area contributed by atoms with Crippen molar-refractivity contribution in [3.05, 3.63) is 35.4 Å². The molecule has 5 heteroatoms. The van der Waals surface area contributed by atoms with E-state index in [9.17, 15) is 13.6 Å². The summed E-state index contributed by atoms with van der Waals surface area (Å²) >= 11 is 0. The van der Waals surface area contributed by atoms with Crippen molar-refractivity contribution in [3.63, 3.8) is 0 Å². The standard InChI is InChI=1S/C12H12F2N2O/c1-8-3-2-4-9(5-8)7-16-11(17)6-10(15-16)12(13)14/h2-5,12H,6-7H2,1H3. The molecule has 3 nitrogen and oxygen atoms in total. The molecule has 0 bridgehead atoms. The lowest BCUT2D eigenvalue weighted by Crippen LogP contribution is -2.20. The first-order valence-corrected chi connectivity index (χ1v) is 5.27. The van der Waals surface area contributed by atoms with Gasteiger partial charge in [0.15, 0.2) is 0 Å². The summed E-state index contributed by atoms with van der Waals surface area (Å²) < 4.78 is 24.8. The molecule has 0 saturated carbocycles. The fraction of sp³-hybridized carbons (Fsp3) is 0.333. The number of halogens is 2. The smallest absolute Gasteiger partial charge is 0.273 e. The van der Waals surface area contributed by atoms with Gasteiger partial charge in [-0.25, -0.2) is 13.8 Å². The van der Waals surface area contributed by atoms with E-state index in [0.717, 1.165) is 16.1 Å². The van der Waals surface area contributed by atoms with Gasteiger partial charge in [0.05, 0.1) is 13.0 Å². The molecule has 0 atom stereocenters. The normalized spacial score (nSPS) is 15.6. The Labute approximate surface area is 97.7 Å². The number of nitrogens with zero attached hydrogens (tertiary/aromatic N) is 2. The fourth-order valence-corrected chi connectivity index (χ4v) is 1.72. The highest BCUT2D eigenvalue weighted by molar-refractivity contribution is 6.06. The molecule has 0 unspecified atom stereocenters. The maximum atomic E-state index is 12.4. The van der Waals surface area contributed by atoms with Gasteiger partial charge in [0.2, 0.25) is 5.91 Å². The number of hydrogen-bond acceptors (Lipinski definition) is 2. The Balaban J connectivity index is 2.12. The predicted molar refractivity (Wildman–Crippen MR) is 59.8 cm³/mol. The lowest BCUT2D eigenvalue weighted by molar-refractivity contribution is -0.129. The molecule has 2 rings (SSSR count). The molecule has 1 amide bonds. The van der Waals surface area contributed by atoms with Gasteiger partial charge in [0, 0.05) is 0 Å². The number of hydrogen-bond donors (Lipinski definition) is 0. The first-order valence-electron chi connectivity index (χ1n) is 5.27. The molecule has 1 aromatic carbocycles. The SMILES string of the molecule is Cc1cccc(CN2N=C(C(F)F)CC2=O)c1. The summed E-state index contributed by atoms with van der Waals surface area (Å²) in [7, 11) is 0. The number of carbonyl (C=O) groups is 1. The molecule has 17 heavy (non-hydrogen) atoms. The molecule has 1 aliphatic rings. The first-order chi connectivity index (χ1) is 8.06. The zero-order valence-electron chi connectivity index (χ0n) is 9.36. The summed E-state index contributed by atoms with van der Waals surface area (Å²) in [5, 5.41) is 4.75. The third-order valence-electron chi connectivity index (χ3n) is 2.54. The molecule has 1 aliphatic heterocycles. The Bertz CT molecular complexity index is 471. The maximum absolute atomic E-state index is 12.4. The van der Waals surface area contributed by atoms with Crippen molar-refractivity contribution < 1.29 is 13.6 Å². The van der Waals surface area contributed by atoms with Crippen LogP contribution in [0.4, 0.5) is 8.78 Å². The van der Waals surface area contributed by atoms with Crippen LogP contribution in [0, 0.1) is 6.92 Å². The molecular weight excluding hydrogens is 226 g/mol. The highest BCUT2D eigenvalue weighted by atomic mass is 19.3. The summed E-state index contributed by atoms with van der Waals surface area (Å²) in [6.07, 6.45) is -2.93. The zero-order chi connectivity index (χ0) is 12.4. The second kappa shape index (κ2) is 4.61. The highest BCUT2D eigenvalue weighted by Crippen LogP contribution is 2.17. The highest BCUT2D eigenvalue weighted by Gasteiger charge is 2.28. The van der Waals surface area contributed by atoms with Gasteiger partial charge in [-0.3, -0.25) is 4.79 Å². The quantitative estimate of drug-likeness (QED) is 0.795. The van der Waals surface area contributed by atoms with Gasteiger partial charge >= 0.3 is 0 Å². The van der Waals surface area contributed by atoms with Crippen molar-refractivity contribution in [2.75, 3.05) is 0 Å². The number of benzene rings is 1. The largest absolute Gasteiger partial charge is 0.278 e. The number of alkyl halides is 2. The number of rotatable bonds is 3. The lowest BCUT2D eigenvalue weighted by atomic mass is 10.1. The minimum Gasteiger partial charge on any atom is -0.273 e. The minimum absolute atomic E-state index is 0.247. The van der Waals surface area contributed by atoms with Gasteiger partial charge in [-0.15, -0.1) is 0 Å². The Kier molecular flexibility index (Phi) is 3.17. The monoisotopic (exact) mass is 238 g/mol. The van der Waals surface area contributed by atoms with Crippen LogP contribution in [0.3, 0.4) is 0 Å². The molecule has 0 radical (unpaired) electrons. The van der Waals surface area contributed by atoms with E-state index in [4.69, 9.17) is 0 Å². The summed E-state index contributed by atoms with van der Waals surface area (Å²) in [5.74, 6) is -0.373. The van der Waals surface area contributed by atoms with E-state index in [1.807, 2.05) is 31.2 Å². The van der Waals surface area contributed by atoms with Crippen molar-refractivity contribution in [3.8, 4) is 0 Å². The van der Waals surface area contributed by atoms with Crippen LogP contribution in [0.5, 0.6) is 0 Å². The van der Waals surface area contributed by atoms with E-state index in [0.29, 0.717) is 0 Å². The maximum Gasteiger partial charge on any atom is 0.278 e. The predicted octanol–water partition coefficient (Wildman–Crippen LogP) is 2.35. The first kappa shape index (κ1) is 11.7. The van der Waals surface area contributed by atoms with E-state index in [1.165, 1.54) is 0 Å². The van der Waals surface area contributed by atoms with Gasteiger partial charge in [0.1, 0.15) is 5.71 Å². The van der Waals surface area contributed by atoms with Gasteiger partial charge in [-0.05, 0) is 12.5 Å². The van der Waals surface area contributed by atoms with Crippen LogP contribution in [-0.2, 0) is 11.3 Å². The van der Waals surface area contributed by atoms with Gasteiger partial charge in [0.25, 0.3) is 6.43 Å². The molecule has 0 fully saturated rings. The Morgan fingerprint density at radius 3 is 2.82 bits per heavy atom. The fourth-order valence-electron chi connectivity index (χ4n) is 1.72. The van der Waals surface area contributed by atoms with Crippen LogP contribution in [0.2, 0.25) is 0 Å². The summed E-state index contributed by atoms with van der Waals surface area (Å²) in [5.41, 5.74) is 1.60.